The van der Waals surface area contributed by atoms with Gasteiger partial charge in [0.25, 0.3) is 0 Å². The minimum Gasteiger partial charge on any atom is -0.387 e. The van der Waals surface area contributed by atoms with Gasteiger partial charge in [-0.2, -0.15) is 0 Å². The van der Waals surface area contributed by atoms with E-state index >= 15 is 0 Å². The van der Waals surface area contributed by atoms with E-state index in [9.17, 15) is 13.9 Å². The number of ether oxygens (including phenoxy) is 1. The molecule has 1 atom stereocenters. The Morgan fingerprint density at radius 2 is 2.00 bits per heavy atom. The maximum Gasteiger partial charge on any atom is 0.131 e. The lowest BCUT2D eigenvalue weighted by Crippen LogP contribution is -2.26. The van der Waals surface area contributed by atoms with Gasteiger partial charge in [0.1, 0.15) is 11.6 Å². The fraction of sp³-hybridized carbons (Fsp3) is 0.571. The Balaban J connectivity index is 1.66. The molecule has 1 fully saturated rings. The average Bonchev–Trinajstić information content (AvgIpc) is 3.17. The Hall–Kier alpha value is -1.04. The molecule has 0 aliphatic heterocycles. The van der Waals surface area contributed by atoms with Crippen molar-refractivity contribution < 1.29 is 18.6 Å². The SMILES string of the molecule is OC(CNCCOCC1CC1)c1c(F)cccc1F. The van der Waals surface area contributed by atoms with Crippen LogP contribution in [0.5, 0.6) is 0 Å². The first-order valence-corrected chi connectivity index (χ1v) is 6.59. The molecule has 1 aromatic carbocycles. The number of halogens is 2. The summed E-state index contributed by atoms with van der Waals surface area (Å²) >= 11 is 0. The second-order valence-corrected chi connectivity index (χ2v) is 4.87. The van der Waals surface area contributed by atoms with Gasteiger partial charge in [-0.1, -0.05) is 6.07 Å². The van der Waals surface area contributed by atoms with Crippen molar-refractivity contribution in [3.63, 3.8) is 0 Å². The van der Waals surface area contributed by atoms with Gasteiger partial charge < -0.3 is 15.2 Å². The van der Waals surface area contributed by atoms with E-state index in [2.05, 4.69) is 5.32 Å². The van der Waals surface area contributed by atoms with Crippen LogP contribution in [-0.4, -0.2) is 31.4 Å². The number of hydrogen-bond donors (Lipinski definition) is 2. The summed E-state index contributed by atoms with van der Waals surface area (Å²) in [4.78, 5) is 0. The van der Waals surface area contributed by atoms with E-state index < -0.39 is 17.7 Å². The second kappa shape index (κ2) is 6.93. The van der Waals surface area contributed by atoms with Crippen molar-refractivity contribution in [2.45, 2.75) is 18.9 Å². The molecule has 0 spiro atoms. The highest BCUT2D eigenvalue weighted by atomic mass is 19.1. The van der Waals surface area contributed by atoms with Gasteiger partial charge in [0.2, 0.25) is 0 Å². The van der Waals surface area contributed by atoms with Crippen LogP contribution in [0, 0.1) is 17.6 Å². The van der Waals surface area contributed by atoms with E-state index in [1.165, 1.54) is 18.9 Å². The van der Waals surface area contributed by atoms with Crippen LogP contribution in [0.3, 0.4) is 0 Å². The molecule has 1 unspecified atom stereocenters. The number of aliphatic hydroxyl groups is 1. The first kappa shape index (κ1) is 14.4. The molecule has 0 heterocycles. The van der Waals surface area contributed by atoms with Gasteiger partial charge in [0, 0.05) is 19.7 Å². The molecule has 1 aliphatic carbocycles. The van der Waals surface area contributed by atoms with Crippen molar-refractivity contribution >= 4 is 0 Å². The normalized spacial score (nSPS) is 16.6. The molecular weight excluding hydrogens is 252 g/mol. The van der Waals surface area contributed by atoms with Crippen molar-refractivity contribution in [1.82, 2.24) is 5.32 Å². The molecule has 1 saturated carbocycles. The lowest BCUT2D eigenvalue weighted by molar-refractivity contribution is 0.118. The minimum atomic E-state index is -1.19. The summed E-state index contributed by atoms with van der Waals surface area (Å²) in [5, 5.41) is 12.7. The molecular formula is C14H19F2NO2. The Morgan fingerprint density at radius 1 is 1.32 bits per heavy atom. The summed E-state index contributed by atoms with van der Waals surface area (Å²) in [7, 11) is 0. The molecule has 0 amide bonds. The number of hydrogen-bond acceptors (Lipinski definition) is 3. The fourth-order valence-electron chi connectivity index (χ4n) is 1.85. The van der Waals surface area contributed by atoms with Gasteiger partial charge in [-0.3, -0.25) is 0 Å². The molecule has 3 nitrogen and oxygen atoms in total. The van der Waals surface area contributed by atoms with E-state index in [0.29, 0.717) is 13.2 Å². The predicted molar refractivity (Wildman–Crippen MR) is 67.7 cm³/mol. The number of aliphatic hydroxyl groups excluding tert-OH is 1. The summed E-state index contributed by atoms with van der Waals surface area (Å²) in [6, 6.07) is 3.56. The lowest BCUT2D eigenvalue weighted by Gasteiger charge is -2.13. The summed E-state index contributed by atoms with van der Waals surface area (Å²) in [6.45, 7) is 1.99. The molecule has 106 valence electrons. The van der Waals surface area contributed by atoms with Crippen molar-refractivity contribution in [1.29, 1.82) is 0 Å². The van der Waals surface area contributed by atoms with Crippen molar-refractivity contribution in [3.05, 3.63) is 35.4 Å². The van der Waals surface area contributed by atoms with E-state index in [1.54, 1.807) is 0 Å². The van der Waals surface area contributed by atoms with Crippen LogP contribution in [0.25, 0.3) is 0 Å². The zero-order valence-electron chi connectivity index (χ0n) is 10.7. The third-order valence-electron chi connectivity index (χ3n) is 3.14. The second-order valence-electron chi connectivity index (χ2n) is 4.87. The molecule has 1 aromatic rings. The van der Waals surface area contributed by atoms with Crippen molar-refractivity contribution in [2.24, 2.45) is 5.92 Å². The predicted octanol–water partition coefficient (Wildman–Crippen LogP) is 2.01. The van der Waals surface area contributed by atoms with Crippen LogP contribution < -0.4 is 5.32 Å². The van der Waals surface area contributed by atoms with Crippen molar-refractivity contribution in [2.75, 3.05) is 26.3 Å². The fourth-order valence-corrected chi connectivity index (χ4v) is 1.85. The van der Waals surface area contributed by atoms with Crippen LogP contribution in [0.2, 0.25) is 0 Å². The summed E-state index contributed by atoms with van der Waals surface area (Å²) in [5.74, 6) is -0.725. The average molecular weight is 271 g/mol. The van der Waals surface area contributed by atoms with E-state index in [1.807, 2.05) is 0 Å². The first-order valence-electron chi connectivity index (χ1n) is 6.59. The highest BCUT2D eigenvalue weighted by Gasteiger charge is 2.21. The van der Waals surface area contributed by atoms with Crippen LogP contribution in [-0.2, 0) is 4.74 Å². The number of nitrogens with one attached hydrogen (secondary N) is 1. The standard InChI is InChI=1S/C14H19F2NO2/c15-11-2-1-3-12(16)14(11)13(18)8-17-6-7-19-9-10-4-5-10/h1-3,10,13,17-18H,4-9H2. The zero-order valence-corrected chi connectivity index (χ0v) is 10.7. The monoisotopic (exact) mass is 271 g/mol. The quantitative estimate of drug-likeness (QED) is 0.711. The van der Waals surface area contributed by atoms with E-state index in [-0.39, 0.29) is 12.1 Å². The van der Waals surface area contributed by atoms with Crippen LogP contribution >= 0.6 is 0 Å². The summed E-state index contributed by atoms with van der Waals surface area (Å²) in [5.41, 5.74) is -0.283. The van der Waals surface area contributed by atoms with Crippen LogP contribution in [0.1, 0.15) is 24.5 Å². The number of rotatable bonds is 8. The summed E-state index contributed by atoms with van der Waals surface area (Å²) in [6.07, 6.45) is 1.31. The van der Waals surface area contributed by atoms with Crippen LogP contribution in [0.15, 0.2) is 18.2 Å². The van der Waals surface area contributed by atoms with E-state index in [4.69, 9.17) is 4.74 Å². The van der Waals surface area contributed by atoms with Crippen molar-refractivity contribution in [3.8, 4) is 0 Å². The van der Waals surface area contributed by atoms with Gasteiger partial charge in [0.15, 0.2) is 0 Å². The minimum absolute atomic E-state index is 0.102. The Labute approximate surface area is 111 Å². The Bertz CT molecular complexity index is 390. The van der Waals surface area contributed by atoms with Gasteiger partial charge >= 0.3 is 0 Å². The zero-order chi connectivity index (χ0) is 13.7. The molecule has 5 heteroatoms. The van der Waals surface area contributed by atoms with Gasteiger partial charge in [-0.15, -0.1) is 0 Å². The Kier molecular flexibility index (Phi) is 5.24. The highest BCUT2D eigenvalue weighted by Crippen LogP contribution is 2.28. The third kappa shape index (κ3) is 4.53. The van der Waals surface area contributed by atoms with Crippen LogP contribution in [0.4, 0.5) is 8.78 Å². The molecule has 0 aromatic heterocycles. The largest absolute Gasteiger partial charge is 0.387 e. The molecule has 0 radical (unpaired) electrons. The smallest absolute Gasteiger partial charge is 0.131 e. The number of benzene rings is 1. The molecule has 1 aliphatic rings. The molecule has 2 rings (SSSR count). The topological polar surface area (TPSA) is 41.5 Å². The first-order chi connectivity index (χ1) is 9.18. The van der Waals surface area contributed by atoms with Gasteiger partial charge in [-0.05, 0) is 30.9 Å². The van der Waals surface area contributed by atoms with Gasteiger partial charge in [0.05, 0.1) is 18.3 Å². The maximum absolute atomic E-state index is 13.4. The molecule has 19 heavy (non-hydrogen) atoms. The van der Waals surface area contributed by atoms with E-state index in [0.717, 1.165) is 24.7 Å². The molecule has 0 bridgehead atoms. The molecule has 0 saturated heterocycles. The summed E-state index contributed by atoms with van der Waals surface area (Å²) < 4.78 is 32.1. The maximum atomic E-state index is 13.4. The van der Waals surface area contributed by atoms with Gasteiger partial charge in [-0.25, -0.2) is 8.78 Å². The molecule has 2 N–H and O–H groups in total. The highest BCUT2D eigenvalue weighted by molar-refractivity contribution is 5.22. The Morgan fingerprint density at radius 3 is 2.63 bits per heavy atom. The lowest BCUT2D eigenvalue weighted by atomic mass is 10.1. The third-order valence-corrected chi connectivity index (χ3v) is 3.14.